The van der Waals surface area contributed by atoms with Crippen LogP contribution >= 0.6 is 11.6 Å². The van der Waals surface area contributed by atoms with Gasteiger partial charge < -0.3 is 4.90 Å². The summed E-state index contributed by atoms with van der Waals surface area (Å²) < 4.78 is 39.5. The Hall–Kier alpha value is -2.22. The topological polar surface area (TPSA) is 57.7 Å². The van der Waals surface area contributed by atoms with Crippen molar-refractivity contribution in [3.05, 3.63) is 71.0 Å². The van der Waals surface area contributed by atoms with Gasteiger partial charge in [0.25, 0.3) is 0 Å². The van der Waals surface area contributed by atoms with Crippen LogP contribution in [0.3, 0.4) is 0 Å². The number of benzene rings is 2. The Morgan fingerprint density at radius 1 is 1.04 bits per heavy atom. The molecule has 1 aliphatic rings. The fraction of sp³-hybridized carbons (Fsp3) is 0.211. The summed E-state index contributed by atoms with van der Waals surface area (Å²) in [7, 11) is -3.69. The zero-order valence-electron chi connectivity index (χ0n) is 14.4. The van der Waals surface area contributed by atoms with Gasteiger partial charge in [-0.2, -0.15) is 4.31 Å². The van der Waals surface area contributed by atoms with Crippen molar-refractivity contribution in [3.63, 3.8) is 0 Å². The van der Waals surface area contributed by atoms with Gasteiger partial charge in [-0.25, -0.2) is 12.8 Å². The second-order valence-electron chi connectivity index (χ2n) is 6.07. The van der Waals surface area contributed by atoms with Crippen LogP contribution in [0.15, 0.2) is 59.5 Å². The lowest BCUT2D eigenvalue weighted by Crippen LogP contribution is -2.50. The van der Waals surface area contributed by atoms with Crippen molar-refractivity contribution in [1.82, 2.24) is 9.21 Å². The molecule has 3 rings (SSSR count). The van der Waals surface area contributed by atoms with Gasteiger partial charge in [-0.3, -0.25) is 4.79 Å². The Kier molecular flexibility index (Phi) is 5.94. The van der Waals surface area contributed by atoms with Crippen molar-refractivity contribution >= 4 is 33.6 Å². The molecule has 0 saturated carbocycles. The number of hydrogen-bond donors (Lipinski definition) is 0. The van der Waals surface area contributed by atoms with Crippen molar-refractivity contribution in [2.45, 2.75) is 4.90 Å². The largest absolute Gasteiger partial charge is 0.337 e. The molecule has 1 aliphatic heterocycles. The molecular weight excluding hydrogens is 391 g/mol. The summed E-state index contributed by atoms with van der Waals surface area (Å²) in [4.78, 5) is 14.0. The molecular formula is C19H18ClFN2O3S. The van der Waals surface area contributed by atoms with Gasteiger partial charge in [0.15, 0.2) is 0 Å². The van der Waals surface area contributed by atoms with E-state index in [1.54, 1.807) is 29.2 Å². The predicted molar refractivity (Wildman–Crippen MR) is 102 cm³/mol. The molecule has 1 saturated heterocycles. The lowest BCUT2D eigenvalue weighted by Gasteiger charge is -2.33. The Morgan fingerprint density at radius 2 is 1.70 bits per heavy atom. The summed E-state index contributed by atoms with van der Waals surface area (Å²) in [5.41, 5.74) is 0.813. The van der Waals surface area contributed by atoms with Crippen molar-refractivity contribution < 1.29 is 17.6 Å². The third-order valence-electron chi connectivity index (χ3n) is 4.27. The predicted octanol–water partition coefficient (Wildman–Crippen LogP) is 3.03. The van der Waals surface area contributed by atoms with Crippen LogP contribution in [0, 0.1) is 5.82 Å². The molecule has 5 nitrogen and oxygen atoms in total. The number of carbonyl (C=O) groups excluding carboxylic acids is 1. The normalized spacial score (nSPS) is 16.0. The Balaban J connectivity index is 1.61. The second-order valence-corrected chi connectivity index (χ2v) is 8.45. The molecule has 0 aliphatic carbocycles. The number of carbonyl (C=O) groups is 1. The molecule has 0 atom stereocenters. The van der Waals surface area contributed by atoms with Crippen molar-refractivity contribution in [2.75, 3.05) is 26.2 Å². The first-order valence-electron chi connectivity index (χ1n) is 8.34. The van der Waals surface area contributed by atoms with Crippen LogP contribution in [-0.2, 0) is 14.8 Å². The third kappa shape index (κ3) is 4.74. The standard InChI is InChI=1S/C19H18ClFN2O3S/c20-16-3-1-2-15(14-16)4-9-19(24)22-10-12-23(13-11-22)27(25,26)18-7-5-17(21)6-8-18/h1-9,14H,10-13H2/b9-4+. The molecule has 1 heterocycles. The summed E-state index contributed by atoms with van der Waals surface area (Å²) in [6, 6.07) is 11.9. The van der Waals surface area contributed by atoms with E-state index in [4.69, 9.17) is 11.6 Å². The first-order valence-corrected chi connectivity index (χ1v) is 10.2. The van der Waals surface area contributed by atoms with E-state index in [1.807, 2.05) is 6.07 Å². The molecule has 142 valence electrons. The smallest absolute Gasteiger partial charge is 0.246 e. The van der Waals surface area contributed by atoms with Crippen LogP contribution in [0.5, 0.6) is 0 Å². The summed E-state index contributed by atoms with van der Waals surface area (Å²) in [5, 5.41) is 0.587. The van der Waals surface area contributed by atoms with Crippen LogP contribution in [0.25, 0.3) is 6.08 Å². The van der Waals surface area contributed by atoms with E-state index >= 15 is 0 Å². The minimum Gasteiger partial charge on any atom is -0.337 e. The first-order chi connectivity index (χ1) is 12.9. The summed E-state index contributed by atoms with van der Waals surface area (Å²) in [5.74, 6) is -0.676. The van der Waals surface area contributed by atoms with Gasteiger partial charge in [-0.1, -0.05) is 23.7 Å². The summed E-state index contributed by atoms with van der Waals surface area (Å²) in [6.07, 6.45) is 3.13. The number of nitrogens with zero attached hydrogens (tertiary/aromatic N) is 2. The molecule has 0 radical (unpaired) electrons. The van der Waals surface area contributed by atoms with E-state index < -0.39 is 15.8 Å². The molecule has 0 spiro atoms. The average molecular weight is 409 g/mol. The monoisotopic (exact) mass is 408 g/mol. The molecule has 8 heteroatoms. The Bertz CT molecular complexity index is 953. The number of hydrogen-bond acceptors (Lipinski definition) is 3. The minimum absolute atomic E-state index is 0.0459. The number of amides is 1. The van der Waals surface area contributed by atoms with Gasteiger partial charge in [0.1, 0.15) is 5.82 Å². The van der Waals surface area contributed by atoms with Crippen molar-refractivity contribution in [1.29, 1.82) is 0 Å². The highest BCUT2D eigenvalue weighted by atomic mass is 35.5. The van der Waals surface area contributed by atoms with Gasteiger partial charge in [-0.15, -0.1) is 0 Å². The van der Waals surface area contributed by atoms with Gasteiger partial charge in [0, 0.05) is 37.3 Å². The van der Waals surface area contributed by atoms with Gasteiger partial charge >= 0.3 is 0 Å². The van der Waals surface area contributed by atoms with Crippen molar-refractivity contribution in [3.8, 4) is 0 Å². The van der Waals surface area contributed by atoms with Crippen LogP contribution in [0.4, 0.5) is 4.39 Å². The lowest BCUT2D eigenvalue weighted by atomic mass is 10.2. The second kappa shape index (κ2) is 8.21. The lowest BCUT2D eigenvalue weighted by molar-refractivity contribution is -0.127. The van der Waals surface area contributed by atoms with E-state index in [-0.39, 0.29) is 23.9 Å². The highest BCUT2D eigenvalue weighted by Gasteiger charge is 2.29. The molecule has 0 unspecified atom stereocenters. The molecule has 27 heavy (non-hydrogen) atoms. The highest BCUT2D eigenvalue weighted by molar-refractivity contribution is 7.89. The van der Waals surface area contributed by atoms with Gasteiger partial charge in [-0.05, 0) is 48.0 Å². The Labute approximate surface area is 162 Å². The average Bonchev–Trinajstić information content (AvgIpc) is 2.66. The van der Waals surface area contributed by atoms with E-state index in [1.165, 1.54) is 22.5 Å². The van der Waals surface area contributed by atoms with Crippen molar-refractivity contribution in [2.24, 2.45) is 0 Å². The molecule has 2 aromatic carbocycles. The number of piperazine rings is 1. The van der Waals surface area contributed by atoms with E-state index in [0.717, 1.165) is 17.7 Å². The number of rotatable bonds is 4. The summed E-state index contributed by atoms with van der Waals surface area (Å²) in [6.45, 7) is 0.963. The maximum absolute atomic E-state index is 13.0. The quantitative estimate of drug-likeness (QED) is 0.731. The SMILES string of the molecule is O=C(/C=C/c1cccc(Cl)c1)N1CCN(S(=O)(=O)c2ccc(F)cc2)CC1. The maximum Gasteiger partial charge on any atom is 0.246 e. The fourth-order valence-corrected chi connectivity index (χ4v) is 4.41. The van der Waals surface area contributed by atoms with Crippen LogP contribution in [-0.4, -0.2) is 49.7 Å². The van der Waals surface area contributed by atoms with Gasteiger partial charge in [0.05, 0.1) is 4.90 Å². The van der Waals surface area contributed by atoms with E-state index in [0.29, 0.717) is 18.1 Å². The number of sulfonamides is 1. The van der Waals surface area contributed by atoms with Crippen LogP contribution in [0.2, 0.25) is 5.02 Å². The van der Waals surface area contributed by atoms with E-state index in [2.05, 4.69) is 0 Å². The molecule has 0 N–H and O–H groups in total. The van der Waals surface area contributed by atoms with Gasteiger partial charge in [0.2, 0.25) is 15.9 Å². The van der Waals surface area contributed by atoms with Crippen LogP contribution < -0.4 is 0 Å². The zero-order chi connectivity index (χ0) is 19.4. The highest BCUT2D eigenvalue weighted by Crippen LogP contribution is 2.18. The first kappa shape index (κ1) is 19.5. The molecule has 1 fully saturated rings. The molecule has 0 aromatic heterocycles. The molecule has 0 bridgehead atoms. The fourth-order valence-electron chi connectivity index (χ4n) is 2.79. The molecule has 2 aromatic rings. The maximum atomic E-state index is 13.0. The number of halogens is 2. The molecule has 1 amide bonds. The third-order valence-corrected chi connectivity index (χ3v) is 6.42. The Morgan fingerprint density at radius 3 is 2.33 bits per heavy atom. The zero-order valence-corrected chi connectivity index (χ0v) is 16.0. The van der Waals surface area contributed by atoms with Crippen LogP contribution in [0.1, 0.15) is 5.56 Å². The summed E-state index contributed by atoms with van der Waals surface area (Å²) >= 11 is 5.91. The minimum atomic E-state index is -3.69. The van der Waals surface area contributed by atoms with E-state index in [9.17, 15) is 17.6 Å².